The molecule has 1 aliphatic carbocycles. The molecular formula is C19H21N. The number of para-hydroxylation sites is 1. The highest BCUT2D eigenvalue weighted by atomic mass is 15.1. The molecule has 1 aliphatic heterocycles. The van der Waals surface area contributed by atoms with E-state index < -0.39 is 0 Å². The van der Waals surface area contributed by atoms with Gasteiger partial charge in [0.15, 0.2) is 0 Å². The fourth-order valence-corrected chi connectivity index (χ4v) is 3.69. The van der Waals surface area contributed by atoms with Gasteiger partial charge < -0.3 is 4.90 Å². The molecule has 1 nitrogen and oxygen atoms in total. The maximum Gasteiger partial charge on any atom is 0.0443 e. The van der Waals surface area contributed by atoms with E-state index >= 15 is 0 Å². The maximum atomic E-state index is 2.51. The third-order valence-electron chi connectivity index (χ3n) is 4.75. The molecule has 102 valence electrons. The number of anilines is 2. The van der Waals surface area contributed by atoms with Gasteiger partial charge in [-0.3, -0.25) is 0 Å². The number of nitrogens with zero attached hydrogens (tertiary/aromatic N) is 1. The fourth-order valence-electron chi connectivity index (χ4n) is 3.69. The van der Waals surface area contributed by atoms with Gasteiger partial charge in [0.2, 0.25) is 0 Å². The van der Waals surface area contributed by atoms with E-state index in [-0.39, 0.29) is 0 Å². The van der Waals surface area contributed by atoms with Gasteiger partial charge in [-0.2, -0.15) is 0 Å². The summed E-state index contributed by atoms with van der Waals surface area (Å²) < 4.78 is 0. The van der Waals surface area contributed by atoms with Crippen LogP contribution >= 0.6 is 0 Å². The average molecular weight is 263 g/mol. The molecule has 0 amide bonds. The number of rotatable bonds is 1. The molecule has 20 heavy (non-hydrogen) atoms. The van der Waals surface area contributed by atoms with Crippen molar-refractivity contribution >= 4 is 11.4 Å². The van der Waals surface area contributed by atoms with Gasteiger partial charge in [-0.05, 0) is 73.4 Å². The van der Waals surface area contributed by atoms with Crippen LogP contribution in [0.1, 0.15) is 36.0 Å². The first kappa shape index (κ1) is 12.0. The van der Waals surface area contributed by atoms with Crippen LogP contribution in [0.2, 0.25) is 0 Å². The van der Waals surface area contributed by atoms with Crippen molar-refractivity contribution in [3.05, 3.63) is 59.2 Å². The van der Waals surface area contributed by atoms with E-state index in [4.69, 9.17) is 0 Å². The fraction of sp³-hybridized carbons (Fsp3) is 0.368. The Morgan fingerprint density at radius 3 is 2.45 bits per heavy atom. The van der Waals surface area contributed by atoms with Crippen molar-refractivity contribution in [1.82, 2.24) is 0 Å². The lowest BCUT2D eigenvalue weighted by Gasteiger charge is -2.32. The molecule has 0 saturated carbocycles. The Morgan fingerprint density at radius 2 is 1.50 bits per heavy atom. The van der Waals surface area contributed by atoms with Crippen molar-refractivity contribution in [2.45, 2.75) is 38.5 Å². The molecule has 0 spiro atoms. The average Bonchev–Trinajstić information content (AvgIpc) is 2.54. The van der Waals surface area contributed by atoms with E-state index in [0.717, 1.165) is 6.54 Å². The predicted molar refractivity (Wildman–Crippen MR) is 84.9 cm³/mol. The second kappa shape index (κ2) is 4.97. The summed E-state index contributed by atoms with van der Waals surface area (Å²) in [7, 11) is 0. The van der Waals surface area contributed by atoms with Crippen LogP contribution in [0.3, 0.4) is 0 Å². The van der Waals surface area contributed by atoms with Crippen molar-refractivity contribution in [1.29, 1.82) is 0 Å². The highest BCUT2D eigenvalue weighted by Gasteiger charge is 2.19. The summed E-state index contributed by atoms with van der Waals surface area (Å²) in [6, 6.07) is 16.0. The molecule has 1 heteroatoms. The lowest BCUT2D eigenvalue weighted by atomic mass is 9.91. The zero-order valence-electron chi connectivity index (χ0n) is 11.9. The minimum Gasteiger partial charge on any atom is -0.341 e. The first-order valence-corrected chi connectivity index (χ1v) is 7.89. The highest BCUT2D eigenvalue weighted by Crippen LogP contribution is 2.35. The summed E-state index contributed by atoms with van der Waals surface area (Å²) >= 11 is 0. The minimum atomic E-state index is 1.15. The summed E-state index contributed by atoms with van der Waals surface area (Å²) in [5.41, 5.74) is 7.45. The Hall–Kier alpha value is -1.76. The summed E-state index contributed by atoms with van der Waals surface area (Å²) in [6.07, 6.45) is 7.72. The molecule has 0 unspecified atom stereocenters. The molecule has 0 saturated heterocycles. The summed E-state index contributed by atoms with van der Waals surface area (Å²) in [4.78, 5) is 2.51. The molecule has 1 heterocycles. The van der Waals surface area contributed by atoms with Gasteiger partial charge in [0.25, 0.3) is 0 Å². The zero-order chi connectivity index (χ0) is 13.4. The Balaban J connectivity index is 1.75. The number of benzene rings is 2. The summed E-state index contributed by atoms with van der Waals surface area (Å²) in [6.45, 7) is 1.15. The lowest BCUT2D eigenvalue weighted by molar-refractivity contribution is 0.684. The topological polar surface area (TPSA) is 3.24 Å². The molecule has 0 radical (unpaired) electrons. The number of hydrogen-bond acceptors (Lipinski definition) is 1. The largest absolute Gasteiger partial charge is 0.341 e. The zero-order valence-corrected chi connectivity index (χ0v) is 11.9. The van der Waals surface area contributed by atoms with E-state index in [1.54, 1.807) is 11.1 Å². The quantitative estimate of drug-likeness (QED) is 0.724. The van der Waals surface area contributed by atoms with Gasteiger partial charge >= 0.3 is 0 Å². The van der Waals surface area contributed by atoms with E-state index in [1.165, 1.54) is 55.5 Å². The van der Waals surface area contributed by atoms with Gasteiger partial charge in [-0.25, -0.2) is 0 Å². The molecule has 0 bridgehead atoms. The molecule has 2 aromatic carbocycles. The molecule has 0 fully saturated rings. The van der Waals surface area contributed by atoms with E-state index in [1.807, 2.05) is 0 Å². The van der Waals surface area contributed by atoms with Gasteiger partial charge in [0, 0.05) is 17.9 Å². The molecule has 4 rings (SSSR count). The Kier molecular flexibility index (Phi) is 2.99. The number of aryl methyl sites for hydroxylation is 3. The van der Waals surface area contributed by atoms with Crippen LogP contribution < -0.4 is 4.90 Å². The smallest absolute Gasteiger partial charge is 0.0443 e. The first-order chi connectivity index (χ1) is 9.92. The van der Waals surface area contributed by atoms with Crippen molar-refractivity contribution < 1.29 is 0 Å². The molecule has 0 atom stereocenters. The van der Waals surface area contributed by atoms with Crippen LogP contribution in [0.4, 0.5) is 11.4 Å². The first-order valence-electron chi connectivity index (χ1n) is 7.89. The SMILES string of the molecule is c1ccc2c(c1)CCCN2c1ccc2c(c1)CCCC2. The summed E-state index contributed by atoms with van der Waals surface area (Å²) in [5.74, 6) is 0. The molecular weight excluding hydrogens is 242 g/mol. The number of hydrogen-bond donors (Lipinski definition) is 0. The molecule has 2 aromatic rings. The Bertz CT molecular complexity index is 629. The van der Waals surface area contributed by atoms with Gasteiger partial charge in [-0.1, -0.05) is 24.3 Å². The predicted octanol–water partition coefficient (Wildman–Crippen LogP) is 4.65. The van der Waals surface area contributed by atoms with Crippen molar-refractivity contribution in [2.75, 3.05) is 11.4 Å². The van der Waals surface area contributed by atoms with E-state index in [0.29, 0.717) is 0 Å². The monoisotopic (exact) mass is 263 g/mol. The van der Waals surface area contributed by atoms with Crippen LogP contribution in [0, 0.1) is 0 Å². The van der Waals surface area contributed by atoms with Crippen molar-refractivity contribution in [3.8, 4) is 0 Å². The standard InChI is InChI=1S/C19H21N/c1-2-8-17-14-18(12-11-15(17)6-1)20-13-5-9-16-7-3-4-10-19(16)20/h3-4,7,10-12,14H,1-2,5-6,8-9,13H2. The van der Waals surface area contributed by atoms with Crippen LogP contribution in [-0.4, -0.2) is 6.54 Å². The third-order valence-corrected chi connectivity index (χ3v) is 4.75. The van der Waals surface area contributed by atoms with Crippen molar-refractivity contribution in [2.24, 2.45) is 0 Å². The Labute approximate surface area is 121 Å². The Morgan fingerprint density at radius 1 is 0.700 bits per heavy atom. The van der Waals surface area contributed by atoms with Crippen LogP contribution in [0.15, 0.2) is 42.5 Å². The van der Waals surface area contributed by atoms with Crippen LogP contribution in [-0.2, 0) is 19.3 Å². The van der Waals surface area contributed by atoms with Crippen LogP contribution in [0.25, 0.3) is 0 Å². The second-order valence-electron chi connectivity index (χ2n) is 6.04. The molecule has 0 aromatic heterocycles. The van der Waals surface area contributed by atoms with Crippen LogP contribution in [0.5, 0.6) is 0 Å². The lowest BCUT2D eigenvalue weighted by Crippen LogP contribution is -2.24. The van der Waals surface area contributed by atoms with Gasteiger partial charge in [0.1, 0.15) is 0 Å². The molecule has 0 N–H and O–H groups in total. The van der Waals surface area contributed by atoms with E-state index in [9.17, 15) is 0 Å². The molecule has 2 aliphatic rings. The normalized spacial score (nSPS) is 17.5. The maximum absolute atomic E-state index is 2.51. The third kappa shape index (κ3) is 2.02. The number of fused-ring (bicyclic) bond motifs is 2. The highest BCUT2D eigenvalue weighted by molar-refractivity contribution is 5.68. The van der Waals surface area contributed by atoms with Gasteiger partial charge in [-0.15, -0.1) is 0 Å². The summed E-state index contributed by atoms with van der Waals surface area (Å²) in [5, 5.41) is 0. The minimum absolute atomic E-state index is 1.15. The second-order valence-corrected chi connectivity index (χ2v) is 6.04. The van der Waals surface area contributed by atoms with Crippen molar-refractivity contribution in [3.63, 3.8) is 0 Å². The van der Waals surface area contributed by atoms with Gasteiger partial charge in [0.05, 0.1) is 0 Å². The van der Waals surface area contributed by atoms with E-state index in [2.05, 4.69) is 47.4 Å².